The third kappa shape index (κ3) is 6.33. The number of amides is 1. The Hall–Kier alpha value is -5.50. The van der Waals surface area contributed by atoms with Gasteiger partial charge in [0.05, 0.1) is 47.2 Å². The van der Waals surface area contributed by atoms with Crippen LogP contribution < -0.4 is 10.3 Å². The Morgan fingerprint density at radius 3 is 2.46 bits per heavy atom. The molecule has 5 rings (SSSR count). The number of hydrogen-bond donors (Lipinski definition) is 1. The first kappa shape index (κ1) is 35.8. The van der Waals surface area contributed by atoms with Gasteiger partial charge in [-0.15, -0.1) is 0 Å². The molecular weight excluding hydrogens is 652 g/mol. The zero-order valence-electron chi connectivity index (χ0n) is 28.9. The van der Waals surface area contributed by atoms with E-state index in [1.807, 2.05) is 13.8 Å². The number of rotatable bonds is 7. The van der Waals surface area contributed by atoms with Crippen LogP contribution >= 0.6 is 0 Å². The lowest BCUT2D eigenvalue weighted by atomic mass is 9.90. The van der Waals surface area contributed by atoms with Crippen molar-refractivity contribution in [2.75, 3.05) is 13.7 Å². The van der Waals surface area contributed by atoms with E-state index < -0.39 is 57.8 Å². The summed E-state index contributed by atoms with van der Waals surface area (Å²) in [5.41, 5.74) is -3.20. The average Bonchev–Trinajstić information content (AvgIpc) is 3.03. The molecule has 0 spiro atoms. The van der Waals surface area contributed by atoms with Crippen LogP contribution in [0.3, 0.4) is 0 Å². The van der Waals surface area contributed by atoms with Gasteiger partial charge in [-0.3, -0.25) is 29.4 Å². The quantitative estimate of drug-likeness (QED) is 0.160. The number of aliphatic hydroxyl groups is 1. The Kier molecular flexibility index (Phi) is 9.61. The smallest absolute Gasteiger partial charge is 0.414 e. The topological polar surface area (TPSA) is 150 Å². The third-order valence-corrected chi connectivity index (χ3v) is 8.15. The van der Waals surface area contributed by atoms with E-state index in [0.717, 1.165) is 16.7 Å². The minimum absolute atomic E-state index is 0.00479. The minimum atomic E-state index is -1.12. The van der Waals surface area contributed by atoms with Crippen molar-refractivity contribution in [3.63, 3.8) is 0 Å². The van der Waals surface area contributed by atoms with Crippen molar-refractivity contribution in [1.29, 1.82) is 0 Å². The highest BCUT2D eigenvalue weighted by Crippen LogP contribution is 2.41. The normalized spacial score (nSPS) is 14.9. The standard InChI is InChI=1S/C36H37F2N5O7/c1-18(2)29-31(19(3)12-13-39-29)42-33-23(15-25(38)30(40-33)28-24(37)10-9-11-26(28)49-8)27(32(34(42)45)43(47)48)22-14-20(4)41(16-21(22)17-44)35(46)50-36(5,6)7/h9-16,18,20,44H,17H2,1-8H3/t20-/m1/s1. The monoisotopic (exact) mass is 689 g/mol. The number of aromatic nitrogens is 3. The molecule has 1 atom stereocenters. The third-order valence-electron chi connectivity index (χ3n) is 8.15. The van der Waals surface area contributed by atoms with E-state index in [4.69, 9.17) is 9.47 Å². The lowest BCUT2D eigenvalue weighted by Gasteiger charge is -2.32. The predicted molar refractivity (Wildman–Crippen MR) is 183 cm³/mol. The Balaban J connectivity index is 1.97. The van der Waals surface area contributed by atoms with Crippen LogP contribution in [0.1, 0.15) is 64.3 Å². The van der Waals surface area contributed by atoms with Crippen molar-refractivity contribution in [1.82, 2.24) is 19.4 Å². The summed E-state index contributed by atoms with van der Waals surface area (Å²) in [5.74, 6) is -2.24. The fourth-order valence-electron chi connectivity index (χ4n) is 5.97. The molecule has 1 aliphatic rings. The van der Waals surface area contributed by atoms with Crippen LogP contribution in [0.4, 0.5) is 19.3 Å². The van der Waals surface area contributed by atoms with E-state index in [2.05, 4.69) is 9.97 Å². The number of halogens is 2. The van der Waals surface area contributed by atoms with Crippen LogP contribution in [-0.2, 0) is 4.74 Å². The molecule has 1 amide bonds. The summed E-state index contributed by atoms with van der Waals surface area (Å²) in [7, 11) is 1.28. The van der Waals surface area contributed by atoms with Gasteiger partial charge in [-0.1, -0.05) is 26.0 Å². The van der Waals surface area contributed by atoms with Crippen molar-refractivity contribution in [3.05, 3.63) is 103 Å². The molecular formula is C36H37F2N5O7. The van der Waals surface area contributed by atoms with Crippen molar-refractivity contribution in [2.45, 2.75) is 66.0 Å². The lowest BCUT2D eigenvalue weighted by Crippen LogP contribution is -2.40. The van der Waals surface area contributed by atoms with Gasteiger partial charge in [0, 0.05) is 23.4 Å². The van der Waals surface area contributed by atoms with Gasteiger partial charge in [-0.2, -0.15) is 0 Å². The van der Waals surface area contributed by atoms with E-state index in [1.165, 1.54) is 42.6 Å². The highest BCUT2D eigenvalue weighted by Gasteiger charge is 2.36. The van der Waals surface area contributed by atoms with E-state index in [0.29, 0.717) is 11.3 Å². The first-order valence-corrected chi connectivity index (χ1v) is 15.8. The second-order valence-corrected chi connectivity index (χ2v) is 13.2. The number of hydrogen-bond acceptors (Lipinski definition) is 9. The molecule has 0 aliphatic carbocycles. The highest BCUT2D eigenvalue weighted by molar-refractivity contribution is 6.01. The van der Waals surface area contributed by atoms with Crippen LogP contribution in [-0.4, -0.2) is 60.9 Å². The number of ether oxygens (including phenoxy) is 2. The number of nitrogens with zero attached hydrogens (tertiary/aromatic N) is 5. The zero-order valence-corrected chi connectivity index (χ0v) is 28.9. The van der Waals surface area contributed by atoms with E-state index in [1.54, 1.807) is 40.7 Å². The zero-order chi connectivity index (χ0) is 36.8. The number of methoxy groups -OCH3 is 1. The predicted octanol–water partition coefficient (Wildman–Crippen LogP) is 6.97. The average molecular weight is 690 g/mol. The van der Waals surface area contributed by atoms with Crippen molar-refractivity contribution in [3.8, 4) is 22.7 Å². The van der Waals surface area contributed by atoms with Crippen molar-refractivity contribution < 1.29 is 33.1 Å². The molecule has 12 nitrogen and oxygen atoms in total. The highest BCUT2D eigenvalue weighted by atomic mass is 19.1. The maximum Gasteiger partial charge on any atom is 0.414 e. The molecule has 1 aromatic carbocycles. The van der Waals surface area contributed by atoms with Gasteiger partial charge in [0.15, 0.2) is 5.82 Å². The molecule has 1 N–H and O–H groups in total. The summed E-state index contributed by atoms with van der Waals surface area (Å²) < 4.78 is 43.6. The molecule has 1 aliphatic heterocycles. The number of benzene rings is 1. The number of pyridine rings is 3. The number of nitro groups is 1. The maximum atomic E-state index is 16.4. The molecule has 0 saturated carbocycles. The van der Waals surface area contributed by atoms with Crippen LogP contribution in [0.15, 0.2) is 59.2 Å². The van der Waals surface area contributed by atoms with Crippen LogP contribution in [0.2, 0.25) is 0 Å². The number of aryl methyl sites for hydroxylation is 1. The fourth-order valence-corrected chi connectivity index (χ4v) is 5.97. The Morgan fingerprint density at radius 1 is 1.16 bits per heavy atom. The number of carbonyl (C=O) groups excluding carboxylic acids is 1. The summed E-state index contributed by atoms with van der Waals surface area (Å²) in [4.78, 5) is 49.9. The van der Waals surface area contributed by atoms with Gasteiger partial charge in [0.2, 0.25) is 0 Å². The molecule has 0 bridgehead atoms. The molecule has 3 aromatic heterocycles. The van der Waals surface area contributed by atoms with E-state index in [-0.39, 0.29) is 50.7 Å². The number of carbonyl (C=O) groups is 1. The number of aliphatic hydroxyl groups excluding tert-OH is 1. The first-order chi connectivity index (χ1) is 23.5. The van der Waals surface area contributed by atoms with Gasteiger partial charge in [0.25, 0.3) is 0 Å². The molecule has 0 radical (unpaired) electrons. The largest absolute Gasteiger partial charge is 0.496 e. The molecule has 0 fully saturated rings. The summed E-state index contributed by atoms with van der Waals surface area (Å²) in [6.45, 7) is 11.3. The second-order valence-electron chi connectivity index (χ2n) is 13.2. The molecule has 50 heavy (non-hydrogen) atoms. The fraction of sp³-hybridized carbons (Fsp3) is 0.333. The SMILES string of the molecule is COc1cccc(F)c1-c1nc2c(cc1F)c(C1=C[C@@H](C)N(C(=O)OC(C)(C)C)C=C1CO)c([N+](=O)[O-])c(=O)n2-c1c(C)ccnc1C(C)C. The first-order valence-electron chi connectivity index (χ1n) is 15.8. The molecule has 4 heterocycles. The van der Waals surface area contributed by atoms with Gasteiger partial charge in [-0.05, 0) is 75.9 Å². The Morgan fingerprint density at radius 2 is 1.86 bits per heavy atom. The summed E-state index contributed by atoms with van der Waals surface area (Å²) in [5, 5.41) is 23.3. The van der Waals surface area contributed by atoms with Gasteiger partial charge >= 0.3 is 17.3 Å². The second kappa shape index (κ2) is 13.4. The number of fused-ring (bicyclic) bond motifs is 1. The van der Waals surface area contributed by atoms with Gasteiger partial charge < -0.3 is 14.6 Å². The summed E-state index contributed by atoms with van der Waals surface area (Å²) >= 11 is 0. The summed E-state index contributed by atoms with van der Waals surface area (Å²) in [6.07, 6.45) is 3.52. The maximum absolute atomic E-state index is 16.4. The Labute approximate surface area is 286 Å². The molecule has 0 saturated heterocycles. The van der Waals surface area contributed by atoms with Crippen LogP contribution in [0, 0.1) is 28.7 Å². The minimum Gasteiger partial charge on any atom is -0.496 e. The van der Waals surface area contributed by atoms with Gasteiger partial charge in [-0.25, -0.2) is 18.6 Å². The molecule has 14 heteroatoms. The summed E-state index contributed by atoms with van der Waals surface area (Å²) in [6, 6.07) is 5.67. The van der Waals surface area contributed by atoms with Crippen LogP contribution in [0.5, 0.6) is 5.75 Å². The van der Waals surface area contributed by atoms with E-state index >= 15 is 8.78 Å². The van der Waals surface area contributed by atoms with Crippen molar-refractivity contribution >= 4 is 28.4 Å². The lowest BCUT2D eigenvalue weighted by molar-refractivity contribution is -0.386. The molecule has 4 aromatic rings. The van der Waals surface area contributed by atoms with Gasteiger partial charge in [0.1, 0.15) is 28.5 Å². The van der Waals surface area contributed by atoms with Crippen LogP contribution in [0.25, 0.3) is 33.6 Å². The van der Waals surface area contributed by atoms with Crippen molar-refractivity contribution in [2.24, 2.45) is 0 Å². The molecule has 0 unspecified atom stereocenters. The molecule has 262 valence electrons. The van der Waals surface area contributed by atoms with E-state index in [9.17, 15) is 24.8 Å². The Bertz CT molecular complexity index is 2170.